The average Bonchev–Trinajstić information content (AvgIpc) is 2.61. The van der Waals surface area contributed by atoms with Gasteiger partial charge in [-0.3, -0.25) is 4.79 Å². The van der Waals surface area contributed by atoms with E-state index in [0.717, 1.165) is 17.7 Å². The van der Waals surface area contributed by atoms with E-state index in [9.17, 15) is 4.79 Å². The van der Waals surface area contributed by atoms with Gasteiger partial charge >= 0.3 is 5.97 Å². The number of carboxylic acid groups (broad SMARTS) is 1. The van der Waals surface area contributed by atoms with E-state index in [1.165, 1.54) is 0 Å². The number of carboxylic acids is 1. The Morgan fingerprint density at radius 2 is 1.92 bits per heavy atom. The van der Waals surface area contributed by atoms with Crippen molar-refractivity contribution < 1.29 is 19.4 Å². The van der Waals surface area contributed by atoms with Gasteiger partial charge in [-0.25, -0.2) is 9.97 Å². The number of carbonyl (C=O) groups is 1. The van der Waals surface area contributed by atoms with E-state index in [-0.39, 0.29) is 12.4 Å². The van der Waals surface area contributed by atoms with Gasteiger partial charge in [0.15, 0.2) is 5.75 Å². The number of nitrogen functional groups attached to an aromatic ring is 1. The van der Waals surface area contributed by atoms with Gasteiger partial charge in [-0.05, 0) is 24.5 Å². The molecule has 0 saturated carbocycles. The number of nitrogens with two attached hydrogens (primary N) is 1. The highest BCUT2D eigenvalue weighted by Gasteiger charge is 2.07. The Labute approximate surface area is 146 Å². The predicted molar refractivity (Wildman–Crippen MR) is 93.8 cm³/mol. The number of aliphatic carboxylic acids is 1. The molecule has 134 valence electrons. The van der Waals surface area contributed by atoms with Gasteiger partial charge in [-0.15, -0.1) is 0 Å². The Bertz CT molecular complexity index is 706. The van der Waals surface area contributed by atoms with Crippen LogP contribution in [-0.4, -0.2) is 34.3 Å². The second-order valence-electron chi connectivity index (χ2n) is 5.44. The van der Waals surface area contributed by atoms with Gasteiger partial charge in [0, 0.05) is 12.8 Å². The summed E-state index contributed by atoms with van der Waals surface area (Å²) in [5.74, 6) is 0.776. The molecular weight excluding hydrogens is 322 g/mol. The molecule has 0 saturated heterocycles. The molecule has 25 heavy (non-hydrogen) atoms. The molecule has 0 atom stereocenters. The number of anilines is 1. The zero-order valence-corrected chi connectivity index (χ0v) is 14.3. The topological polar surface area (TPSA) is 108 Å². The zero-order valence-electron chi connectivity index (χ0n) is 14.3. The first kappa shape index (κ1) is 18.5. The van der Waals surface area contributed by atoms with Crippen LogP contribution in [0.2, 0.25) is 0 Å². The fourth-order valence-corrected chi connectivity index (χ4v) is 2.31. The number of rotatable bonds is 10. The summed E-state index contributed by atoms with van der Waals surface area (Å²) < 4.78 is 11.5. The first-order chi connectivity index (χ1) is 12.1. The molecule has 0 unspecified atom stereocenters. The van der Waals surface area contributed by atoms with Crippen LogP contribution >= 0.6 is 0 Å². The van der Waals surface area contributed by atoms with Crippen molar-refractivity contribution in [2.45, 2.75) is 32.6 Å². The molecule has 0 spiro atoms. The van der Waals surface area contributed by atoms with E-state index in [1.54, 1.807) is 6.20 Å². The summed E-state index contributed by atoms with van der Waals surface area (Å²) in [5.41, 5.74) is 7.25. The van der Waals surface area contributed by atoms with Crippen LogP contribution in [0.3, 0.4) is 0 Å². The van der Waals surface area contributed by atoms with Crippen LogP contribution < -0.4 is 15.2 Å². The van der Waals surface area contributed by atoms with Gasteiger partial charge in [0.2, 0.25) is 5.95 Å². The predicted octanol–water partition coefficient (Wildman–Crippen LogP) is 2.49. The van der Waals surface area contributed by atoms with Crippen molar-refractivity contribution in [1.29, 1.82) is 0 Å². The molecule has 3 N–H and O–H groups in total. The largest absolute Gasteiger partial charge is 0.493 e. The van der Waals surface area contributed by atoms with Crippen molar-refractivity contribution in [3.8, 4) is 11.5 Å². The number of benzene rings is 1. The van der Waals surface area contributed by atoms with Gasteiger partial charge in [0.1, 0.15) is 5.75 Å². The third-order valence-electron chi connectivity index (χ3n) is 3.57. The fourth-order valence-electron chi connectivity index (χ4n) is 2.31. The number of para-hydroxylation sites is 1. The maximum Gasteiger partial charge on any atom is 0.303 e. The first-order valence-corrected chi connectivity index (χ1v) is 8.26. The van der Waals surface area contributed by atoms with Crippen molar-refractivity contribution in [3.05, 3.63) is 41.7 Å². The molecule has 0 aliphatic heterocycles. The second-order valence-corrected chi connectivity index (χ2v) is 5.44. The molecular formula is C18H23N3O4. The second kappa shape index (κ2) is 9.46. The SMILES string of the molecule is CCc1nc(N)ncc1OCCCOc1ccccc1CCC(=O)O. The normalized spacial score (nSPS) is 10.4. The quantitative estimate of drug-likeness (QED) is 0.637. The van der Waals surface area contributed by atoms with E-state index < -0.39 is 5.97 Å². The maximum atomic E-state index is 10.7. The molecule has 2 rings (SSSR count). The highest BCUT2D eigenvalue weighted by atomic mass is 16.5. The number of hydrogen-bond donors (Lipinski definition) is 2. The lowest BCUT2D eigenvalue weighted by Crippen LogP contribution is -2.09. The summed E-state index contributed by atoms with van der Waals surface area (Å²) in [6.07, 6.45) is 3.52. The molecule has 0 bridgehead atoms. The minimum absolute atomic E-state index is 0.0837. The first-order valence-electron chi connectivity index (χ1n) is 8.26. The van der Waals surface area contributed by atoms with Crippen molar-refractivity contribution in [3.63, 3.8) is 0 Å². The van der Waals surface area contributed by atoms with Gasteiger partial charge in [0.05, 0.1) is 25.1 Å². The van der Waals surface area contributed by atoms with Gasteiger partial charge in [0.25, 0.3) is 0 Å². The summed E-state index contributed by atoms with van der Waals surface area (Å²) >= 11 is 0. The number of hydrogen-bond acceptors (Lipinski definition) is 6. The van der Waals surface area contributed by atoms with E-state index in [4.69, 9.17) is 20.3 Å². The van der Waals surface area contributed by atoms with Gasteiger partial charge < -0.3 is 20.3 Å². The fraction of sp³-hybridized carbons (Fsp3) is 0.389. The standard InChI is InChI=1S/C18H23N3O4/c1-2-14-16(12-20-18(19)21-14)25-11-5-10-24-15-7-4-3-6-13(15)8-9-17(22)23/h3-4,6-7,12H,2,5,8-11H2,1H3,(H,22,23)(H2,19,20,21). The van der Waals surface area contributed by atoms with Crippen LogP contribution in [0.4, 0.5) is 5.95 Å². The number of nitrogens with zero attached hydrogens (tertiary/aromatic N) is 2. The molecule has 1 aromatic carbocycles. The third kappa shape index (κ3) is 5.95. The molecule has 0 aliphatic rings. The number of ether oxygens (including phenoxy) is 2. The van der Waals surface area contributed by atoms with Crippen LogP contribution in [0.5, 0.6) is 11.5 Å². The van der Waals surface area contributed by atoms with Gasteiger partial charge in [-0.2, -0.15) is 0 Å². The molecule has 0 aliphatic carbocycles. The smallest absolute Gasteiger partial charge is 0.303 e. The molecule has 7 nitrogen and oxygen atoms in total. The lowest BCUT2D eigenvalue weighted by atomic mass is 10.1. The lowest BCUT2D eigenvalue weighted by Gasteiger charge is -2.12. The molecule has 7 heteroatoms. The summed E-state index contributed by atoms with van der Waals surface area (Å²) in [4.78, 5) is 18.8. The summed E-state index contributed by atoms with van der Waals surface area (Å²) in [7, 11) is 0. The van der Waals surface area contributed by atoms with Crippen molar-refractivity contribution in [2.75, 3.05) is 18.9 Å². The van der Waals surface area contributed by atoms with Crippen LogP contribution in [-0.2, 0) is 17.6 Å². The molecule has 0 amide bonds. The Morgan fingerprint density at radius 1 is 1.20 bits per heavy atom. The summed E-state index contributed by atoms with van der Waals surface area (Å²) in [6, 6.07) is 7.48. The molecule has 0 fully saturated rings. The Morgan fingerprint density at radius 3 is 2.64 bits per heavy atom. The monoisotopic (exact) mass is 345 g/mol. The highest BCUT2D eigenvalue weighted by Crippen LogP contribution is 2.20. The lowest BCUT2D eigenvalue weighted by molar-refractivity contribution is -0.136. The van der Waals surface area contributed by atoms with Crippen LogP contribution in [0.1, 0.15) is 31.0 Å². The number of aryl methyl sites for hydroxylation is 2. The molecule has 0 radical (unpaired) electrons. The minimum Gasteiger partial charge on any atom is -0.493 e. The third-order valence-corrected chi connectivity index (χ3v) is 3.57. The van der Waals surface area contributed by atoms with Crippen LogP contribution in [0.25, 0.3) is 0 Å². The van der Waals surface area contributed by atoms with E-state index in [0.29, 0.717) is 37.6 Å². The van der Waals surface area contributed by atoms with Crippen LogP contribution in [0.15, 0.2) is 30.5 Å². The average molecular weight is 345 g/mol. The Hall–Kier alpha value is -2.83. The maximum absolute atomic E-state index is 10.7. The Balaban J connectivity index is 1.79. The Kier molecular flexibility index (Phi) is 7.00. The molecule has 1 heterocycles. The summed E-state index contributed by atoms with van der Waals surface area (Å²) in [5, 5.41) is 8.80. The van der Waals surface area contributed by atoms with Crippen molar-refractivity contribution >= 4 is 11.9 Å². The molecule has 1 aromatic heterocycles. The summed E-state index contributed by atoms with van der Waals surface area (Å²) in [6.45, 7) is 2.92. The zero-order chi connectivity index (χ0) is 18.1. The van der Waals surface area contributed by atoms with E-state index >= 15 is 0 Å². The molecule has 2 aromatic rings. The van der Waals surface area contributed by atoms with E-state index in [2.05, 4.69) is 9.97 Å². The highest BCUT2D eigenvalue weighted by molar-refractivity contribution is 5.67. The van der Waals surface area contributed by atoms with Crippen LogP contribution in [0, 0.1) is 0 Å². The van der Waals surface area contributed by atoms with Crippen molar-refractivity contribution in [1.82, 2.24) is 9.97 Å². The minimum atomic E-state index is -0.819. The van der Waals surface area contributed by atoms with E-state index in [1.807, 2.05) is 31.2 Å². The van der Waals surface area contributed by atoms with Crippen molar-refractivity contribution in [2.24, 2.45) is 0 Å². The number of aromatic nitrogens is 2. The van der Waals surface area contributed by atoms with Gasteiger partial charge in [-0.1, -0.05) is 25.1 Å².